The number of aromatic nitrogens is 3. The third-order valence-corrected chi connectivity index (χ3v) is 14.1. The van der Waals surface area contributed by atoms with E-state index in [9.17, 15) is 0 Å². The molecule has 0 unspecified atom stereocenters. The Morgan fingerprint density at radius 2 is 0.742 bits per heavy atom. The van der Waals surface area contributed by atoms with Crippen molar-refractivity contribution in [1.82, 2.24) is 15.0 Å². The molecule has 0 saturated heterocycles. The molecule has 294 valence electrons. The third-order valence-electron chi connectivity index (χ3n) is 14.1. The van der Waals surface area contributed by atoms with Gasteiger partial charge in [0.05, 0.1) is 5.41 Å². The van der Waals surface area contributed by atoms with Gasteiger partial charge in [0, 0.05) is 22.1 Å². The summed E-state index contributed by atoms with van der Waals surface area (Å²) in [6.07, 6.45) is 0. The van der Waals surface area contributed by atoms with Gasteiger partial charge in [-0.05, 0) is 120 Å². The molecule has 3 heteroatoms. The zero-order valence-corrected chi connectivity index (χ0v) is 35.2. The minimum absolute atomic E-state index is 0.162. The van der Waals surface area contributed by atoms with E-state index >= 15 is 0 Å². The predicted molar refractivity (Wildman–Crippen MR) is 255 cm³/mol. The summed E-state index contributed by atoms with van der Waals surface area (Å²) in [7, 11) is 0. The number of aryl methyl sites for hydroxylation is 2. The molecule has 10 aromatic rings. The Kier molecular flexibility index (Phi) is 7.92. The van der Waals surface area contributed by atoms with Crippen LogP contribution in [0.3, 0.4) is 0 Å². The molecule has 0 aliphatic heterocycles. The molecule has 0 amide bonds. The topological polar surface area (TPSA) is 38.7 Å². The first-order valence-electron chi connectivity index (χ1n) is 21.6. The Balaban J connectivity index is 1.10. The molecule has 1 aromatic heterocycles. The SMILES string of the molecule is Cc1c(C)c2cc(-c3nc(-c4ccc5c(c4)C(C)(C)c4ccccc4-5)nc(-c4ccc5c(c4)C(c4ccccc4)(c4ccccc4)c4ccccc4-5)n3)ccc2c2ccccc12. The molecule has 0 spiro atoms. The highest BCUT2D eigenvalue weighted by Crippen LogP contribution is 2.57. The Labute approximate surface area is 362 Å². The molecule has 0 radical (unpaired) electrons. The summed E-state index contributed by atoms with van der Waals surface area (Å²) in [5.74, 6) is 1.96. The Bertz CT molecular complexity index is 3420. The largest absolute Gasteiger partial charge is 0.208 e. The molecule has 12 rings (SSSR count). The van der Waals surface area contributed by atoms with E-state index in [2.05, 4.69) is 216 Å². The van der Waals surface area contributed by atoms with Crippen LogP contribution in [-0.2, 0) is 10.8 Å². The van der Waals surface area contributed by atoms with E-state index in [4.69, 9.17) is 15.0 Å². The van der Waals surface area contributed by atoms with Crippen LogP contribution < -0.4 is 0 Å². The Morgan fingerprint density at radius 3 is 1.37 bits per heavy atom. The second kappa shape index (κ2) is 13.5. The molecular formula is C59H43N3. The van der Waals surface area contributed by atoms with E-state index in [-0.39, 0.29) is 5.41 Å². The van der Waals surface area contributed by atoms with Crippen LogP contribution in [0.5, 0.6) is 0 Å². The zero-order valence-electron chi connectivity index (χ0n) is 35.2. The van der Waals surface area contributed by atoms with Crippen molar-refractivity contribution in [2.75, 3.05) is 0 Å². The summed E-state index contributed by atoms with van der Waals surface area (Å²) in [5, 5.41) is 5.00. The molecule has 0 fully saturated rings. The molecule has 1 heterocycles. The van der Waals surface area contributed by atoms with Crippen LogP contribution in [-0.4, -0.2) is 15.0 Å². The van der Waals surface area contributed by atoms with Crippen molar-refractivity contribution in [1.29, 1.82) is 0 Å². The summed E-state index contributed by atoms with van der Waals surface area (Å²) in [5.41, 5.74) is 17.4. The molecule has 0 saturated carbocycles. The van der Waals surface area contributed by atoms with Gasteiger partial charge in [0.25, 0.3) is 0 Å². The zero-order chi connectivity index (χ0) is 41.7. The molecule has 3 nitrogen and oxygen atoms in total. The maximum absolute atomic E-state index is 5.40. The highest BCUT2D eigenvalue weighted by atomic mass is 15.0. The van der Waals surface area contributed by atoms with Crippen molar-refractivity contribution in [3.05, 3.63) is 233 Å². The standard InChI is InChI=1S/C59H43N3/c1-36-37(2)50-33-38(27-30-45(50)44-22-12-11-21-43(36)44)55-60-56(39-28-31-48-46-23-13-15-25-51(46)58(3,4)53(48)34-39)62-57(61-55)40-29-32-49-47-24-14-16-26-52(47)59(54(49)35-40,41-17-7-5-8-18-41)42-19-9-6-10-20-42/h5-35H,1-4H3. The number of fused-ring (bicyclic) bond motifs is 9. The first-order chi connectivity index (χ1) is 30.3. The number of benzene rings is 9. The van der Waals surface area contributed by atoms with Crippen molar-refractivity contribution in [3.63, 3.8) is 0 Å². The first kappa shape index (κ1) is 36.4. The van der Waals surface area contributed by atoms with E-state index in [1.807, 2.05) is 0 Å². The number of rotatable bonds is 5. The van der Waals surface area contributed by atoms with Crippen LogP contribution in [0.4, 0.5) is 0 Å². The van der Waals surface area contributed by atoms with Gasteiger partial charge in [-0.25, -0.2) is 15.0 Å². The van der Waals surface area contributed by atoms with Crippen LogP contribution in [0.1, 0.15) is 58.4 Å². The summed E-state index contributed by atoms with van der Waals surface area (Å²) in [6.45, 7) is 9.11. The smallest absolute Gasteiger partial charge is 0.164 e. The van der Waals surface area contributed by atoms with Gasteiger partial charge < -0.3 is 0 Å². The maximum Gasteiger partial charge on any atom is 0.164 e. The van der Waals surface area contributed by atoms with Gasteiger partial charge in [-0.3, -0.25) is 0 Å². The van der Waals surface area contributed by atoms with Crippen LogP contribution in [0, 0.1) is 13.8 Å². The second-order valence-corrected chi connectivity index (χ2v) is 17.6. The van der Waals surface area contributed by atoms with Gasteiger partial charge in [0.1, 0.15) is 0 Å². The molecule has 2 aliphatic carbocycles. The molecule has 0 bridgehead atoms. The Morgan fingerprint density at radius 1 is 0.323 bits per heavy atom. The van der Waals surface area contributed by atoms with Crippen molar-refractivity contribution in [3.8, 4) is 56.4 Å². The van der Waals surface area contributed by atoms with E-state index in [0.29, 0.717) is 17.5 Å². The Hall–Kier alpha value is -7.49. The highest BCUT2D eigenvalue weighted by Gasteiger charge is 2.46. The normalized spacial score (nSPS) is 14.1. The molecule has 9 aromatic carbocycles. The van der Waals surface area contributed by atoms with Gasteiger partial charge in [0.15, 0.2) is 17.5 Å². The highest BCUT2D eigenvalue weighted by molar-refractivity contribution is 6.11. The molecular weight excluding hydrogens is 751 g/mol. The average molecular weight is 794 g/mol. The fourth-order valence-corrected chi connectivity index (χ4v) is 10.9. The van der Waals surface area contributed by atoms with Gasteiger partial charge >= 0.3 is 0 Å². The molecule has 2 aliphatic rings. The van der Waals surface area contributed by atoms with Crippen molar-refractivity contribution < 1.29 is 0 Å². The molecule has 0 atom stereocenters. The maximum atomic E-state index is 5.40. The summed E-state index contributed by atoms with van der Waals surface area (Å²) < 4.78 is 0. The van der Waals surface area contributed by atoms with Gasteiger partial charge in [-0.1, -0.05) is 184 Å². The lowest BCUT2D eigenvalue weighted by Crippen LogP contribution is -2.28. The average Bonchev–Trinajstić information content (AvgIpc) is 3.76. The van der Waals surface area contributed by atoms with Crippen molar-refractivity contribution >= 4 is 21.5 Å². The van der Waals surface area contributed by atoms with Crippen molar-refractivity contribution in [2.24, 2.45) is 0 Å². The number of hydrogen-bond donors (Lipinski definition) is 0. The monoisotopic (exact) mass is 793 g/mol. The van der Waals surface area contributed by atoms with E-state index < -0.39 is 5.41 Å². The first-order valence-corrected chi connectivity index (χ1v) is 21.6. The van der Waals surface area contributed by atoms with E-state index in [0.717, 1.165) is 16.7 Å². The summed E-state index contributed by atoms with van der Waals surface area (Å²) >= 11 is 0. The van der Waals surface area contributed by atoms with E-state index in [1.54, 1.807) is 0 Å². The van der Waals surface area contributed by atoms with Crippen LogP contribution >= 0.6 is 0 Å². The summed E-state index contributed by atoms with van der Waals surface area (Å²) in [6, 6.07) is 68.6. The minimum Gasteiger partial charge on any atom is -0.208 e. The predicted octanol–water partition coefficient (Wildman–Crippen LogP) is 14.5. The lowest BCUT2D eigenvalue weighted by Gasteiger charge is -2.34. The molecule has 62 heavy (non-hydrogen) atoms. The fraction of sp³-hybridized carbons (Fsp3) is 0.102. The van der Waals surface area contributed by atoms with Gasteiger partial charge in [0.2, 0.25) is 0 Å². The number of hydrogen-bond acceptors (Lipinski definition) is 3. The lowest BCUT2D eigenvalue weighted by atomic mass is 9.67. The van der Waals surface area contributed by atoms with Gasteiger partial charge in [-0.2, -0.15) is 0 Å². The van der Waals surface area contributed by atoms with Crippen LogP contribution in [0.25, 0.3) is 78.0 Å². The van der Waals surface area contributed by atoms with Crippen molar-refractivity contribution in [2.45, 2.75) is 38.5 Å². The summed E-state index contributed by atoms with van der Waals surface area (Å²) in [4.78, 5) is 16.2. The van der Waals surface area contributed by atoms with Crippen LogP contribution in [0.2, 0.25) is 0 Å². The molecule has 0 N–H and O–H groups in total. The second-order valence-electron chi connectivity index (χ2n) is 17.6. The fourth-order valence-electron chi connectivity index (χ4n) is 10.9. The van der Waals surface area contributed by atoms with Gasteiger partial charge in [-0.15, -0.1) is 0 Å². The quantitative estimate of drug-likeness (QED) is 0.163. The van der Waals surface area contributed by atoms with E-state index in [1.165, 1.54) is 88.3 Å². The lowest BCUT2D eigenvalue weighted by molar-refractivity contribution is 0.660. The third kappa shape index (κ3) is 5.15. The van der Waals surface area contributed by atoms with Crippen LogP contribution in [0.15, 0.2) is 188 Å². The number of nitrogens with zero attached hydrogens (tertiary/aromatic N) is 3. The minimum atomic E-state index is -0.541.